The normalized spacial score (nSPS) is 11.4. The lowest BCUT2D eigenvalue weighted by atomic mass is 10.3. The van der Waals surface area contributed by atoms with E-state index < -0.39 is 11.9 Å². The van der Waals surface area contributed by atoms with Gasteiger partial charge in [0.05, 0.1) is 5.69 Å². The fraction of sp³-hybridized carbons (Fsp3) is 0.375. The third-order valence-electron chi connectivity index (χ3n) is 1.56. The number of nitrogens with zero attached hydrogens (tertiary/aromatic N) is 1. The molecule has 1 aromatic rings. The highest BCUT2D eigenvalue weighted by molar-refractivity contribution is 5.61. The second-order valence-electron chi connectivity index (χ2n) is 2.66. The zero-order valence-corrected chi connectivity index (χ0v) is 7.52. The average molecular weight is 205 g/mol. The Labute approximate surface area is 79.1 Å². The quantitative estimate of drug-likeness (QED) is 0.777. The van der Waals surface area contributed by atoms with Crippen LogP contribution in [0.5, 0.6) is 0 Å². The molecule has 0 saturated carbocycles. The first-order chi connectivity index (χ1) is 6.45. The van der Waals surface area contributed by atoms with Gasteiger partial charge in [-0.15, -0.1) is 0 Å². The fourth-order valence-corrected chi connectivity index (χ4v) is 0.937. The first kappa shape index (κ1) is 10.6. The van der Waals surface area contributed by atoms with Crippen molar-refractivity contribution in [2.75, 3.05) is 17.6 Å². The summed E-state index contributed by atoms with van der Waals surface area (Å²) in [5.41, 5.74) is 4.69. The summed E-state index contributed by atoms with van der Waals surface area (Å²) in [4.78, 5) is 3.37. The van der Waals surface area contributed by atoms with Gasteiger partial charge in [-0.25, -0.2) is 4.98 Å². The van der Waals surface area contributed by atoms with E-state index in [0.29, 0.717) is 6.54 Å². The van der Waals surface area contributed by atoms with Crippen molar-refractivity contribution < 1.29 is 13.2 Å². The van der Waals surface area contributed by atoms with Gasteiger partial charge in [0, 0.05) is 6.54 Å². The van der Waals surface area contributed by atoms with Crippen LogP contribution < -0.4 is 11.1 Å². The number of aromatic nitrogens is 1. The minimum Gasteiger partial charge on any atom is -0.396 e. The van der Waals surface area contributed by atoms with Gasteiger partial charge in [0.1, 0.15) is 11.5 Å². The number of nitrogens with two attached hydrogens (primary N) is 1. The SMILES string of the molecule is CCNc1nc(C(F)(F)F)ccc1N. The molecule has 0 bridgehead atoms. The highest BCUT2D eigenvalue weighted by atomic mass is 19.4. The number of anilines is 2. The van der Waals surface area contributed by atoms with Gasteiger partial charge in [-0.3, -0.25) is 0 Å². The fourth-order valence-electron chi connectivity index (χ4n) is 0.937. The zero-order valence-electron chi connectivity index (χ0n) is 7.52. The van der Waals surface area contributed by atoms with E-state index in [0.717, 1.165) is 6.07 Å². The zero-order chi connectivity index (χ0) is 10.8. The number of nitrogens with one attached hydrogen (secondary N) is 1. The molecule has 14 heavy (non-hydrogen) atoms. The van der Waals surface area contributed by atoms with Gasteiger partial charge < -0.3 is 11.1 Å². The minimum absolute atomic E-state index is 0.0716. The third-order valence-corrected chi connectivity index (χ3v) is 1.56. The Morgan fingerprint density at radius 1 is 1.43 bits per heavy atom. The molecule has 3 N–H and O–H groups in total. The van der Waals surface area contributed by atoms with Crippen LogP contribution in [0.1, 0.15) is 12.6 Å². The summed E-state index contributed by atoms with van der Waals surface area (Å²) in [6, 6.07) is 2.05. The van der Waals surface area contributed by atoms with Crippen LogP contribution in [0.2, 0.25) is 0 Å². The molecular formula is C8H10F3N3. The molecule has 0 atom stereocenters. The van der Waals surface area contributed by atoms with Gasteiger partial charge in [-0.05, 0) is 19.1 Å². The van der Waals surface area contributed by atoms with Gasteiger partial charge in [0.15, 0.2) is 0 Å². The van der Waals surface area contributed by atoms with Crippen molar-refractivity contribution in [3.8, 4) is 0 Å². The van der Waals surface area contributed by atoms with Gasteiger partial charge >= 0.3 is 6.18 Å². The van der Waals surface area contributed by atoms with Crippen molar-refractivity contribution in [1.82, 2.24) is 4.98 Å². The first-order valence-electron chi connectivity index (χ1n) is 4.02. The summed E-state index contributed by atoms with van der Waals surface area (Å²) in [6.45, 7) is 2.22. The molecule has 0 saturated heterocycles. The molecule has 6 heteroatoms. The third kappa shape index (κ3) is 2.27. The molecule has 0 aliphatic carbocycles. The Bertz CT molecular complexity index is 322. The highest BCUT2D eigenvalue weighted by Gasteiger charge is 2.32. The second kappa shape index (κ2) is 3.73. The van der Waals surface area contributed by atoms with Crippen LogP contribution in [0.3, 0.4) is 0 Å². The van der Waals surface area contributed by atoms with Crippen LogP contribution in [-0.4, -0.2) is 11.5 Å². The molecule has 0 fully saturated rings. The molecule has 0 aliphatic rings. The van der Waals surface area contributed by atoms with E-state index in [9.17, 15) is 13.2 Å². The number of nitrogen functional groups attached to an aromatic ring is 1. The van der Waals surface area contributed by atoms with Gasteiger partial charge in [0.2, 0.25) is 0 Å². The monoisotopic (exact) mass is 205 g/mol. The molecule has 0 aliphatic heterocycles. The largest absolute Gasteiger partial charge is 0.433 e. The number of rotatable bonds is 2. The van der Waals surface area contributed by atoms with E-state index in [1.807, 2.05) is 0 Å². The molecule has 0 unspecified atom stereocenters. The van der Waals surface area contributed by atoms with E-state index >= 15 is 0 Å². The van der Waals surface area contributed by atoms with E-state index in [1.165, 1.54) is 6.07 Å². The van der Waals surface area contributed by atoms with Crippen LogP contribution in [-0.2, 0) is 6.18 Å². The maximum atomic E-state index is 12.2. The smallest absolute Gasteiger partial charge is 0.396 e. The lowest BCUT2D eigenvalue weighted by Crippen LogP contribution is -2.11. The van der Waals surface area contributed by atoms with Gasteiger partial charge in [0.25, 0.3) is 0 Å². The van der Waals surface area contributed by atoms with Crippen LogP contribution in [0.25, 0.3) is 0 Å². The Hall–Kier alpha value is -1.46. The predicted molar refractivity (Wildman–Crippen MR) is 47.8 cm³/mol. The molecule has 78 valence electrons. The van der Waals surface area contributed by atoms with Crippen molar-refractivity contribution in [1.29, 1.82) is 0 Å². The molecule has 3 nitrogen and oxygen atoms in total. The van der Waals surface area contributed by atoms with Crippen molar-refractivity contribution in [3.63, 3.8) is 0 Å². The van der Waals surface area contributed by atoms with E-state index in [-0.39, 0.29) is 11.5 Å². The standard InChI is InChI=1S/C8H10F3N3/c1-2-13-7-5(12)3-4-6(14-7)8(9,10)11/h3-4H,2,12H2,1H3,(H,13,14). The van der Waals surface area contributed by atoms with E-state index in [1.54, 1.807) is 6.92 Å². The second-order valence-corrected chi connectivity index (χ2v) is 2.66. The molecule has 1 rings (SSSR count). The summed E-state index contributed by atoms with van der Waals surface area (Å²) in [5.74, 6) is 0.0716. The Balaban J connectivity index is 3.06. The average Bonchev–Trinajstić information content (AvgIpc) is 2.07. The highest BCUT2D eigenvalue weighted by Crippen LogP contribution is 2.29. The van der Waals surface area contributed by atoms with Gasteiger partial charge in [-0.2, -0.15) is 13.2 Å². The Morgan fingerprint density at radius 2 is 2.07 bits per heavy atom. The number of halogens is 3. The number of pyridine rings is 1. The van der Waals surface area contributed by atoms with Crippen molar-refractivity contribution in [2.24, 2.45) is 0 Å². The maximum absolute atomic E-state index is 12.2. The number of hydrogen-bond donors (Lipinski definition) is 2. The summed E-state index contributed by atoms with van der Waals surface area (Å²) in [7, 11) is 0. The van der Waals surface area contributed by atoms with Crippen LogP contribution in [0.15, 0.2) is 12.1 Å². The van der Waals surface area contributed by atoms with Crippen molar-refractivity contribution in [2.45, 2.75) is 13.1 Å². The lowest BCUT2D eigenvalue weighted by molar-refractivity contribution is -0.141. The molecule has 0 aromatic carbocycles. The maximum Gasteiger partial charge on any atom is 0.433 e. The summed E-state index contributed by atoms with van der Waals surface area (Å²) in [6.07, 6.45) is -4.43. The van der Waals surface area contributed by atoms with Gasteiger partial charge in [-0.1, -0.05) is 0 Å². The van der Waals surface area contributed by atoms with E-state index in [4.69, 9.17) is 5.73 Å². The molecule has 1 aromatic heterocycles. The van der Waals surface area contributed by atoms with Crippen LogP contribution in [0, 0.1) is 0 Å². The number of hydrogen-bond acceptors (Lipinski definition) is 3. The molecule has 0 spiro atoms. The molecule has 1 heterocycles. The Kier molecular flexibility index (Phi) is 2.83. The summed E-state index contributed by atoms with van der Waals surface area (Å²) < 4.78 is 36.6. The first-order valence-corrected chi connectivity index (χ1v) is 4.02. The van der Waals surface area contributed by atoms with E-state index in [2.05, 4.69) is 10.3 Å². The topological polar surface area (TPSA) is 50.9 Å². The van der Waals surface area contributed by atoms with Crippen LogP contribution in [0.4, 0.5) is 24.7 Å². The summed E-state index contributed by atoms with van der Waals surface area (Å²) in [5, 5.41) is 2.65. The summed E-state index contributed by atoms with van der Waals surface area (Å²) >= 11 is 0. The lowest BCUT2D eigenvalue weighted by Gasteiger charge is -2.10. The molecular weight excluding hydrogens is 195 g/mol. The van der Waals surface area contributed by atoms with Crippen molar-refractivity contribution >= 4 is 11.5 Å². The minimum atomic E-state index is -4.43. The Morgan fingerprint density at radius 3 is 2.57 bits per heavy atom. The molecule has 0 amide bonds. The van der Waals surface area contributed by atoms with Crippen molar-refractivity contribution in [3.05, 3.63) is 17.8 Å². The number of alkyl halides is 3. The molecule has 0 radical (unpaired) electrons. The van der Waals surface area contributed by atoms with Crippen LogP contribution >= 0.6 is 0 Å². The predicted octanol–water partition coefficient (Wildman–Crippen LogP) is 2.11.